The predicted molar refractivity (Wildman–Crippen MR) is 138 cm³/mol. The number of nitrogens with zero attached hydrogens (tertiary/aromatic N) is 6. The molecule has 180 valence electrons. The molecule has 7 nitrogen and oxygen atoms in total. The van der Waals surface area contributed by atoms with E-state index in [-0.39, 0.29) is 23.3 Å². The normalized spacial score (nSPS) is 18.9. The second-order valence-electron chi connectivity index (χ2n) is 9.36. The minimum Gasteiger partial charge on any atom is -0.324 e. The maximum atomic E-state index is 14.0. The van der Waals surface area contributed by atoms with Crippen molar-refractivity contribution in [2.45, 2.75) is 25.9 Å². The van der Waals surface area contributed by atoms with Gasteiger partial charge in [-0.1, -0.05) is 12.1 Å². The van der Waals surface area contributed by atoms with Gasteiger partial charge < -0.3 is 4.90 Å². The number of rotatable bonds is 5. The lowest BCUT2D eigenvalue weighted by atomic mass is 9.91. The first-order valence-corrected chi connectivity index (χ1v) is 11.9. The van der Waals surface area contributed by atoms with Gasteiger partial charge in [-0.25, -0.2) is 9.07 Å². The summed E-state index contributed by atoms with van der Waals surface area (Å²) < 4.78 is 17.2. The lowest BCUT2D eigenvalue weighted by molar-refractivity contribution is 0.564. The van der Waals surface area contributed by atoms with Gasteiger partial charge in [-0.2, -0.15) is 10.2 Å². The molecule has 0 spiro atoms. The number of fused-ring (bicyclic) bond motifs is 2. The Bertz CT molecular complexity index is 1630. The predicted octanol–water partition coefficient (Wildman–Crippen LogP) is 4.57. The number of anilines is 1. The topological polar surface area (TPSA) is 68.8 Å². The van der Waals surface area contributed by atoms with E-state index in [9.17, 15) is 9.18 Å². The molecule has 0 fully saturated rings. The maximum absolute atomic E-state index is 14.0. The van der Waals surface area contributed by atoms with E-state index < -0.39 is 0 Å². The lowest BCUT2D eigenvalue weighted by Crippen LogP contribution is -2.34. The Labute approximate surface area is 207 Å². The Morgan fingerprint density at radius 1 is 1.08 bits per heavy atom. The Kier molecular flexibility index (Phi) is 5.36. The molecule has 4 aromatic rings. The Hall–Kier alpha value is -4.33. The van der Waals surface area contributed by atoms with Crippen LogP contribution in [0.5, 0.6) is 0 Å². The van der Waals surface area contributed by atoms with Crippen LogP contribution in [-0.2, 0) is 20.0 Å². The fourth-order valence-corrected chi connectivity index (χ4v) is 4.95. The molecule has 0 saturated heterocycles. The molecule has 0 saturated carbocycles. The molecule has 1 aromatic carbocycles. The molecule has 1 aliphatic carbocycles. The second kappa shape index (κ2) is 8.71. The maximum Gasteiger partial charge on any atom is 0.266 e. The van der Waals surface area contributed by atoms with Crippen LogP contribution in [0.4, 0.5) is 10.2 Å². The average molecular weight is 481 g/mol. The van der Waals surface area contributed by atoms with Crippen LogP contribution in [0, 0.1) is 5.92 Å². The van der Waals surface area contributed by atoms with Gasteiger partial charge in [0.2, 0.25) is 0 Å². The summed E-state index contributed by atoms with van der Waals surface area (Å²) in [5.41, 5.74) is 4.99. The number of halogens is 1. The van der Waals surface area contributed by atoms with Gasteiger partial charge in [0, 0.05) is 60.7 Å². The van der Waals surface area contributed by atoms with Crippen LogP contribution in [0.15, 0.2) is 95.6 Å². The lowest BCUT2D eigenvalue weighted by Gasteiger charge is -2.27. The summed E-state index contributed by atoms with van der Waals surface area (Å²) in [6.45, 7) is 2.46. The first-order valence-electron chi connectivity index (χ1n) is 11.9. The highest BCUT2D eigenvalue weighted by atomic mass is 19.1. The third kappa shape index (κ3) is 4.04. The highest BCUT2D eigenvalue weighted by molar-refractivity contribution is 5.83. The summed E-state index contributed by atoms with van der Waals surface area (Å²) in [4.78, 5) is 19.1. The van der Waals surface area contributed by atoms with Gasteiger partial charge in [-0.15, -0.1) is 0 Å². The van der Waals surface area contributed by atoms with Crippen molar-refractivity contribution in [3.05, 3.63) is 107 Å². The molecule has 0 N–H and O–H groups in total. The monoisotopic (exact) mass is 480 g/mol. The SMILES string of the molecule is CC1=CN(c2ccc(=O)n(CCc3ccc4ncc(-c5cnn(C)c5)cc4c3)n2)C2C=C(F)C=CC12. The van der Waals surface area contributed by atoms with Gasteiger partial charge in [0.25, 0.3) is 5.56 Å². The fourth-order valence-electron chi connectivity index (χ4n) is 4.95. The molecule has 0 amide bonds. The van der Waals surface area contributed by atoms with Crippen molar-refractivity contribution in [1.29, 1.82) is 0 Å². The number of aromatic nitrogens is 5. The average Bonchev–Trinajstić information content (AvgIpc) is 3.46. The minimum absolute atomic E-state index is 0.106. The van der Waals surface area contributed by atoms with Gasteiger partial charge in [0.05, 0.1) is 17.8 Å². The first kappa shape index (κ1) is 22.2. The van der Waals surface area contributed by atoms with E-state index in [0.717, 1.165) is 33.2 Å². The van der Waals surface area contributed by atoms with Crippen LogP contribution < -0.4 is 10.5 Å². The standard InChI is InChI=1S/C28H25FN6O/c1-18-16-34(26-13-23(29)4-5-24(18)26)27-7-8-28(36)35(32-27)10-9-19-3-6-25-20(11-19)12-21(14-30-25)22-15-31-33(2)17-22/h3-8,11-17,24,26H,9-10H2,1-2H3. The number of pyridine rings is 1. The molecule has 2 unspecified atom stereocenters. The highest BCUT2D eigenvalue weighted by Gasteiger charge is 2.34. The Morgan fingerprint density at radius 3 is 2.81 bits per heavy atom. The van der Waals surface area contributed by atoms with Crippen LogP contribution in [0.1, 0.15) is 12.5 Å². The first-order chi connectivity index (χ1) is 17.4. The Morgan fingerprint density at radius 2 is 1.97 bits per heavy atom. The number of hydrogen-bond acceptors (Lipinski definition) is 5. The van der Waals surface area contributed by atoms with Crippen LogP contribution in [0.2, 0.25) is 0 Å². The van der Waals surface area contributed by atoms with E-state index in [2.05, 4.69) is 27.3 Å². The van der Waals surface area contributed by atoms with Crippen molar-refractivity contribution < 1.29 is 4.39 Å². The van der Waals surface area contributed by atoms with Gasteiger partial charge in [-0.05, 0) is 60.9 Å². The van der Waals surface area contributed by atoms with E-state index in [1.54, 1.807) is 16.8 Å². The summed E-state index contributed by atoms with van der Waals surface area (Å²) in [5, 5.41) is 9.90. The molecular weight excluding hydrogens is 455 g/mol. The molecule has 8 heteroatoms. The van der Waals surface area contributed by atoms with Crippen molar-refractivity contribution in [1.82, 2.24) is 24.5 Å². The zero-order valence-electron chi connectivity index (χ0n) is 20.0. The van der Waals surface area contributed by atoms with Crippen molar-refractivity contribution in [3.63, 3.8) is 0 Å². The van der Waals surface area contributed by atoms with Crippen LogP contribution in [0.25, 0.3) is 22.0 Å². The molecular formula is C28H25FN6O. The van der Waals surface area contributed by atoms with Crippen molar-refractivity contribution >= 4 is 16.7 Å². The zero-order chi connectivity index (χ0) is 24.8. The summed E-state index contributed by atoms with van der Waals surface area (Å²) >= 11 is 0. The van der Waals surface area contributed by atoms with Gasteiger partial charge in [-0.3, -0.25) is 14.5 Å². The quantitative estimate of drug-likeness (QED) is 0.419. The zero-order valence-corrected chi connectivity index (χ0v) is 20.0. The smallest absolute Gasteiger partial charge is 0.266 e. The van der Waals surface area contributed by atoms with E-state index in [1.807, 2.05) is 61.9 Å². The van der Waals surface area contributed by atoms with Crippen LogP contribution >= 0.6 is 0 Å². The number of aryl methyl sites for hydroxylation is 3. The molecule has 4 heterocycles. The highest BCUT2D eigenvalue weighted by Crippen LogP contribution is 2.36. The number of benzene rings is 1. The molecule has 6 rings (SSSR count). The third-order valence-corrected chi connectivity index (χ3v) is 6.86. The van der Waals surface area contributed by atoms with E-state index in [0.29, 0.717) is 18.8 Å². The molecule has 3 aromatic heterocycles. The number of hydrogen-bond donors (Lipinski definition) is 0. The molecule has 2 atom stereocenters. The largest absolute Gasteiger partial charge is 0.324 e. The van der Waals surface area contributed by atoms with E-state index in [4.69, 9.17) is 0 Å². The summed E-state index contributed by atoms with van der Waals surface area (Å²) in [5.74, 6) is 0.481. The summed E-state index contributed by atoms with van der Waals surface area (Å²) in [6, 6.07) is 11.3. The third-order valence-electron chi connectivity index (χ3n) is 6.86. The summed E-state index contributed by atoms with van der Waals surface area (Å²) in [7, 11) is 1.89. The van der Waals surface area contributed by atoms with Crippen molar-refractivity contribution in [2.75, 3.05) is 4.90 Å². The van der Waals surface area contributed by atoms with Crippen molar-refractivity contribution in [3.8, 4) is 11.1 Å². The molecule has 0 bridgehead atoms. The molecule has 0 radical (unpaired) electrons. The second-order valence-corrected chi connectivity index (χ2v) is 9.36. The van der Waals surface area contributed by atoms with Crippen LogP contribution in [0.3, 0.4) is 0 Å². The van der Waals surface area contributed by atoms with Gasteiger partial charge in [0.1, 0.15) is 5.83 Å². The molecule has 36 heavy (non-hydrogen) atoms. The van der Waals surface area contributed by atoms with E-state index in [1.165, 1.54) is 16.8 Å². The molecule has 1 aliphatic heterocycles. The minimum atomic E-state index is -0.254. The van der Waals surface area contributed by atoms with Gasteiger partial charge >= 0.3 is 0 Å². The van der Waals surface area contributed by atoms with Crippen LogP contribution in [-0.4, -0.2) is 30.6 Å². The van der Waals surface area contributed by atoms with E-state index >= 15 is 0 Å². The Balaban J connectivity index is 1.24. The van der Waals surface area contributed by atoms with Gasteiger partial charge in [0.15, 0.2) is 5.82 Å². The number of allylic oxidation sites excluding steroid dienone is 2. The van der Waals surface area contributed by atoms with Crippen molar-refractivity contribution in [2.24, 2.45) is 13.0 Å². The summed E-state index contributed by atoms with van der Waals surface area (Å²) in [6.07, 6.45) is 13.3. The fraction of sp³-hybridized carbons (Fsp3) is 0.214. The molecule has 2 aliphatic rings.